The number of fused-ring (bicyclic) bond motifs is 1. The fourth-order valence-corrected chi connectivity index (χ4v) is 3.51. The lowest BCUT2D eigenvalue weighted by molar-refractivity contribution is -0.127. The summed E-state index contributed by atoms with van der Waals surface area (Å²) in [6.07, 6.45) is -1.25. The zero-order chi connectivity index (χ0) is 27.2. The van der Waals surface area contributed by atoms with Crippen molar-refractivity contribution in [1.82, 2.24) is 24.8 Å². The molecular formula is C26H37N7O5. The molecular weight excluding hydrogens is 490 g/mol. The minimum absolute atomic E-state index is 0. The molecule has 206 valence electrons. The first kappa shape index (κ1) is 30.2. The summed E-state index contributed by atoms with van der Waals surface area (Å²) in [5.41, 5.74) is 12.0. The average Bonchev–Trinajstić information content (AvgIpc) is 3.28. The Morgan fingerprint density at radius 2 is 1.76 bits per heavy atom. The number of carbonyl (C=O) groups excluding carboxylic acids is 3. The number of amides is 3. The normalized spacial score (nSPS) is 12.8. The third kappa shape index (κ3) is 7.73. The number of likely N-dealkylation sites (N-methyl/N-ethyl adjacent to an activating group) is 1. The molecule has 0 aliphatic carbocycles. The van der Waals surface area contributed by atoms with Gasteiger partial charge >= 0.3 is 6.09 Å². The Balaban J connectivity index is 0.00000507. The van der Waals surface area contributed by atoms with Crippen molar-refractivity contribution in [1.29, 1.82) is 0 Å². The van der Waals surface area contributed by atoms with Gasteiger partial charge in [0.2, 0.25) is 11.8 Å². The summed E-state index contributed by atoms with van der Waals surface area (Å²) in [6.45, 7) is 4.91. The molecule has 2 heterocycles. The van der Waals surface area contributed by atoms with Gasteiger partial charge in [0.15, 0.2) is 11.5 Å². The van der Waals surface area contributed by atoms with E-state index in [9.17, 15) is 14.4 Å². The van der Waals surface area contributed by atoms with Gasteiger partial charge < -0.3 is 31.2 Å². The number of hydrogen-bond donors (Lipinski definition) is 3. The van der Waals surface area contributed by atoms with Crippen molar-refractivity contribution in [2.24, 2.45) is 11.5 Å². The molecule has 0 saturated carbocycles. The highest BCUT2D eigenvalue weighted by Gasteiger charge is 2.32. The lowest BCUT2D eigenvalue weighted by Crippen LogP contribution is -2.52. The fraction of sp³-hybridized carbons (Fsp3) is 0.423. The third-order valence-corrected chi connectivity index (χ3v) is 5.56. The van der Waals surface area contributed by atoms with Gasteiger partial charge in [0.25, 0.3) is 0 Å². The average molecular weight is 528 g/mol. The summed E-state index contributed by atoms with van der Waals surface area (Å²) in [7, 11) is 1.41. The largest absolute Gasteiger partial charge is 0.443 e. The van der Waals surface area contributed by atoms with Crippen LogP contribution < -0.4 is 16.8 Å². The van der Waals surface area contributed by atoms with Crippen LogP contribution in [0.1, 0.15) is 51.3 Å². The molecule has 0 radical (unpaired) electrons. The highest BCUT2D eigenvalue weighted by Crippen LogP contribution is 2.23. The monoisotopic (exact) mass is 527 g/mol. The maximum absolute atomic E-state index is 12.9. The molecule has 0 spiro atoms. The number of ether oxygens (including phenoxy) is 2. The van der Waals surface area contributed by atoms with E-state index >= 15 is 0 Å². The lowest BCUT2D eigenvalue weighted by atomic mass is 10.0. The maximum Gasteiger partial charge on any atom is 0.410 e. The Morgan fingerprint density at radius 3 is 2.39 bits per heavy atom. The third-order valence-electron chi connectivity index (χ3n) is 5.56. The predicted octanol–water partition coefficient (Wildman–Crippen LogP) is 1.92. The Hall–Kier alpha value is -4.03. The van der Waals surface area contributed by atoms with E-state index in [0.29, 0.717) is 23.8 Å². The second-order valence-corrected chi connectivity index (χ2v) is 9.32. The van der Waals surface area contributed by atoms with Crippen molar-refractivity contribution in [3.05, 3.63) is 65.6 Å². The van der Waals surface area contributed by atoms with Gasteiger partial charge in [-0.05, 0) is 38.5 Å². The molecule has 3 amide bonds. The number of nitrogens with two attached hydrogens (primary N) is 2. The predicted molar refractivity (Wildman–Crippen MR) is 142 cm³/mol. The van der Waals surface area contributed by atoms with E-state index in [-0.39, 0.29) is 20.6 Å². The first-order valence-corrected chi connectivity index (χ1v) is 11.7. The van der Waals surface area contributed by atoms with Crippen LogP contribution in [0.25, 0.3) is 5.65 Å². The topological polar surface area (TPSA) is 167 Å². The van der Waals surface area contributed by atoms with Crippen LogP contribution in [0.4, 0.5) is 4.79 Å². The second kappa shape index (κ2) is 13.0. The van der Waals surface area contributed by atoms with Crippen LogP contribution in [0.3, 0.4) is 0 Å². The van der Waals surface area contributed by atoms with E-state index in [1.807, 2.05) is 37.3 Å². The van der Waals surface area contributed by atoms with Crippen LogP contribution in [-0.2, 0) is 32.3 Å². The molecule has 5 N–H and O–H groups in total. The number of hydrogen-bond acceptors (Lipinski definition) is 8. The SMILES string of the molecule is C.C[C@@H](OCc1ccccc1)[C@@H](NC(=O)C(C)(C)N)c1nnc2cccc(COC(=O)N(C)CC(N)=O)n12. The number of carbonyl (C=O) groups is 3. The molecule has 38 heavy (non-hydrogen) atoms. The van der Waals surface area contributed by atoms with E-state index in [4.69, 9.17) is 20.9 Å². The minimum Gasteiger partial charge on any atom is -0.443 e. The molecule has 2 atom stereocenters. The van der Waals surface area contributed by atoms with Gasteiger partial charge in [-0.2, -0.15) is 0 Å². The second-order valence-electron chi connectivity index (χ2n) is 9.32. The van der Waals surface area contributed by atoms with Gasteiger partial charge in [-0.15, -0.1) is 10.2 Å². The van der Waals surface area contributed by atoms with Gasteiger partial charge in [0.05, 0.1) is 23.9 Å². The van der Waals surface area contributed by atoms with Gasteiger partial charge in [-0.25, -0.2) is 4.79 Å². The molecule has 2 aromatic heterocycles. The maximum atomic E-state index is 12.9. The van der Waals surface area contributed by atoms with Crippen molar-refractivity contribution in [3.63, 3.8) is 0 Å². The van der Waals surface area contributed by atoms with Crippen molar-refractivity contribution in [2.45, 2.75) is 59.1 Å². The summed E-state index contributed by atoms with van der Waals surface area (Å²) in [4.78, 5) is 37.4. The molecule has 1 aromatic carbocycles. The van der Waals surface area contributed by atoms with E-state index in [1.54, 1.807) is 36.4 Å². The summed E-state index contributed by atoms with van der Waals surface area (Å²) in [6, 6.07) is 14.1. The molecule has 0 aliphatic rings. The highest BCUT2D eigenvalue weighted by molar-refractivity contribution is 5.85. The van der Waals surface area contributed by atoms with Crippen LogP contribution in [-0.4, -0.2) is 62.6 Å². The molecule has 3 aromatic rings. The molecule has 0 aliphatic heterocycles. The molecule has 12 nitrogen and oxygen atoms in total. The van der Waals surface area contributed by atoms with Gasteiger partial charge in [0.1, 0.15) is 19.2 Å². The Bertz CT molecular complexity index is 1240. The highest BCUT2D eigenvalue weighted by atomic mass is 16.6. The molecule has 3 rings (SSSR count). The first-order chi connectivity index (χ1) is 17.5. The number of benzene rings is 1. The van der Waals surface area contributed by atoms with Gasteiger partial charge in [-0.3, -0.25) is 14.0 Å². The van der Waals surface area contributed by atoms with Gasteiger partial charge in [-0.1, -0.05) is 43.8 Å². The van der Waals surface area contributed by atoms with Crippen molar-refractivity contribution >= 4 is 23.6 Å². The van der Waals surface area contributed by atoms with E-state index < -0.39 is 35.6 Å². The summed E-state index contributed by atoms with van der Waals surface area (Å²) in [5, 5.41) is 11.5. The van der Waals surface area contributed by atoms with Crippen LogP contribution in [0, 0.1) is 0 Å². The fourth-order valence-electron chi connectivity index (χ4n) is 3.51. The van der Waals surface area contributed by atoms with Crippen molar-refractivity contribution in [3.8, 4) is 0 Å². The van der Waals surface area contributed by atoms with Gasteiger partial charge in [0, 0.05) is 7.05 Å². The smallest absolute Gasteiger partial charge is 0.410 e. The Kier molecular flexibility index (Phi) is 10.3. The number of rotatable bonds is 11. The van der Waals surface area contributed by atoms with E-state index in [1.165, 1.54) is 7.05 Å². The quantitative estimate of drug-likeness (QED) is 0.340. The zero-order valence-electron chi connectivity index (χ0n) is 21.4. The number of nitrogens with zero attached hydrogens (tertiary/aromatic N) is 4. The molecule has 0 fully saturated rings. The van der Waals surface area contributed by atoms with Crippen molar-refractivity contribution in [2.75, 3.05) is 13.6 Å². The summed E-state index contributed by atoms with van der Waals surface area (Å²) < 4.78 is 13.2. The standard InChI is InChI=1S/C25H33N7O5.CH4/c1-16(36-14-17-9-6-5-7-10-17)21(28-23(34)25(2,3)27)22-30-29-20-12-8-11-18(32(20)22)15-37-24(35)31(4)13-19(26)33;/h5-12,16,21H,13-15,27H2,1-4H3,(H2,26,33)(H,28,34);1H4/t16-,21-;/m1./s1. The van der Waals surface area contributed by atoms with E-state index in [2.05, 4.69) is 15.5 Å². The van der Waals surface area contributed by atoms with E-state index in [0.717, 1.165) is 10.5 Å². The first-order valence-electron chi connectivity index (χ1n) is 11.7. The summed E-state index contributed by atoms with van der Waals surface area (Å²) >= 11 is 0. The zero-order valence-corrected chi connectivity index (χ0v) is 21.4. The Morgan fingerprint density at radius 1 is 1.08 bits per heavy atom. The number of primary amides is 1. The Labute approximate surface area is 222 Å². The lowest BCUT2D eigenvalue weighted by Gasteiger charge is -2.28. The van der Waals surface area contributed by atoms with Crippen LogP contribution >= 0.6 is 0 Å². The minimum atomic E-state index is -1.15. The molecule has 0 unspecified atom stereocenters. The molecule has 0 saturated heterocycles. The number of nitrogens with one attached hydrogen (secondary N) is 1. The number of aromatic nitrogens is 3. The number of pyridine rings is 1. The molecule has 0 bridgehead atoms. The van der Waals surface area contributed by atoms with Crippen molar-refractivity contribution < 1.29 is 23.9 Å². The van der Waals surface area contributed by atoms with Crippen LogP contribution in [0.5, 0.6) is 0 Å². The summed E-state index contributed by atoms with van der Waals surface area (Å²) in [5.74, 6) is -0.680. The molecule has 12 heteroatoms. The van der Waals surface area contributed by atoms with Crippen LogP contribution in [0.15, 0.2) is 48.5 Å². The van der Waals surface area contributed by atoms with Crippen LogP contribution in [0.2, 0.25) is 0 Å².